The minimum Gasteiger partial charge on any atom is -0.456 e. The van der Waals surface area contributed by atoms with Gasteiger partial charge in [0, 0.05) is 18.6 Å². The number of carbonyl (C=O) groups is 1. The predicted molar refractivity (Wildman–Crippen MR) is 101 cm³/mol. The van der Waals surface area contributed by atoms with Gasteiger partial charge in [-0.2, -0.15) is 0 Å². The fourth-order valence-electron chi connectivity index (χ4n) is 3.70. The van der Waals surface area contributed by atoms with Crippen molar-refractivity contribution in [1.29, 1.82) is 0 Å². The fourth-order valence-corrected chi connectivity index (χ4v) is 3.83. The Morgan fingerprint density at radius 2 is 1.93 bits per heavy atom. The Kier molecular flexibility index (Phi) is 4.19. The van der Waals surface area contributed by atoms with Crippen molar-refractivity contribution in [3.8, 4) is 0 Å². The van der Waals surface area contributed by atoms with Crippen molar-refractivity contribution in [1.82, 2.24) is 9.13 Å². The largest absolute Gasteiger partial charge is 0.456 e. The van der Waals surface area contributed by atoms with Gasteiger partial charge in [0.1, 0.15) is 12.4 Å². The summed E-state index contributed by atoms with van der Waals surface area (Å²) in [6, 6.07) is 7.00. The lowest BCUT2D eigenvalue weighted by atomic mass is 9.82. The van der Waals surface area contributed by atoms with E-state index in [1.807, 2.05) is 6.92 Å². The normalized spacial score (nSPS) is 18.0. The quantitative estimate of drug-likeness (QED) is 0.814. The predicted octanol–water partition coefficient (Wildman–Crippen LogP) is 1.98. The number of hydrogen-bond acceptors (Lipinski definition) is 5. The van der Waals surface area contributed by atoms with Gasteiger partial charge in [-0.25, -0.2) is 9.59 Å². The molecule has 1 aromatic heterocycles. The van der Waals surface area contributed by atoms with Gasteiger partial charge in [-0.05, 0) is 24.1 Å². The smallest absolute Gasteiger partial charge is 0.337 e. The number of aromatic nitrogens is 2. The molecule has 1 aromatic carbocycles. The Morgan fingerprint density at radius 1 is 1.22 bits per heavy atom. The maximum atomic E-state index is 13.0. The summed E-state index contributed by atoms with van der Waals surface area (Å²) in [6.07, 6.45) is 0.721. The van der Waals surface area contributed by atoms with Crippen LogP contribution in [0.3, 0.4) is 0 Å². The highest BCUT2D eigenvalue weighted by Gasteiger charge is 2.41. The average molecular weight is 388 g/mol. The first-order valence-corrected chi connectivity index (χ1v) is 9.08. The minimum absolute atomic E-state index is 0.0905. The zero-order valence-electron chi connectivity index (χ0n) is 14.9. The molecule has 0 radical (unpaired) electrons. The van der Waals surface area contributed by atoms with Crippen LogP contribution in [0.5, 0.6) is 0 Å². The van der Waals surface area contributed by atoms with E-state index in [1.54, 1.807) is 28.8 Å². The lowest BCUT2D eigenvalue weighted by Crippen LogP contribution is -2.44. The van der Waals surface area contributed by atoms with Gasteiger partial charge in [0.2, 0.25) is 0 Å². The molecule has 3 heterocycles. The monoisotopic (exact) mass is 387 g/mol. The minimum atomic E-state index is -0.620. The second kappa shape index (κ2) is 6.42. The van der Waals surface area contributed by atoms with Gasteiger partial charge in [0.15, 0.2) is 0 Å². The number of hydrogen-bond donors (Lipinski definition) is 1. The van der Waals surface area contributed by atoms with Crippen LogP contribution in [-0.4, -0.2) is 21.7 Å². The molecule has 0 aliphatic carbocycles. The van der Waals surface area contributed by atoms with Gasteiger partial charge < -0.3 is 10.1 Å². The van der Waals surface area contributed by atoms with Crippen molar-refractivity contribution in [3.63, 3.8) is 0 Å². The Bertz CT molecular complexity index is 1100. The molecule has 1 N–H and O–H groups in total. The average Bonchev–Trinajstić information content (AvgIpc) is 3.03. The number of esters is 1. The highest BCUT2D eigenvalue weighted by atomic mass is 35.5. The third-order valence-electron chi connectivity index (χ3n) is 4.97. The van der Waals surface area contributed by atoms with Crippen molar-refractivity contribution in [2.45, 2.75) is 25.8 Å². The van der Waals surface area contributed by atoms with Crippen LogP contribution in [0.25, 0.3) is 0 Å². The number of nitrogens with one attached hydrogen (secondary N) is 1. The van der Waals surface area contributed by atoms with Crippen molar-refractivity contribution < 1.29 is 9.53 Å². The fraction of sp³-hybridized carbons (Fsp3) is 0.316. The van der Waals surface area contributed by atoms with E-state index in [0.717, 1.165) is 16.6 Å². The zero-order valence-corrected chi connectivity index (χ0v) is 15.7. The molecule has 7 nitrogen and oxygen atoms in total. The summed E-state index contributed by atoms with van der Waals surface area (Å²) in [6.45, 7) is 2.50. The lowest BCUT2D eigenvalue weighted by molar-refractivity contribution is -0.136. The molecule has 0 saturated heterocycles. The van der Waals surface area contributed by atoms with Crippen LogP contribution in [0.4, 0.5) is 5.82 Å². The van der Waals surface area contributed by atoms with Crippen molar-refractivity contribution in [3.05, 3.63) is 72.5 Å². The molecule has 0 fully saturated rings. The number of fused-ring (bicyclic) bond motifs is 1. The van der Waals surface area contributed by atoms with Gasteiger partial charge in [0.05, 0.1) is 22.8 Å². The van der Waals surface area contributed by atoms with E-state index in [2.05, 4.69) is 5.32 Å². The summed E-state index contributed by atoms with van der Waals surface area (Å²) in [4.78, 5) is 38.1. The first-order valence-electron chi connectivity index (χ1n) is 8.70. The molecule has 2 aliphatic rings. The van der Waals surface area contributed by atoms with Crippen LogP contribution in [0.1, 0.15) is 30.4 Å². The molecule has 27 heavy (non-hydrogen) atoms. The van der Waals surface area contributed by atoms with Gasteiger partial charge in [-0.3, -0.25) is 13.9 Å². The number of carbonyl (C=O) groups excluding carboxylic acids is 1. The summed E-state index contributed by atoms with van der Waals surface area (Å²) in [5.41, 5.74) is 1.28. The molecule has 1 atom stereocenters. The van der Waals surface area contributed by atoms with Crippen LogP contribution in [0.2, 0.25) is 5.02 Å². The van der Waals surface area contributed by atoms with Crippen LogP contribution in [0.15, 0.2) is 45.1 Å². The number of cyclic esters (lactones) is 1. The maximum absolute atomic E-state index is 13.0. The van der Waals surface area contributed by atoms with E-state index in [-0.39, 0.29) is 6.61 Å². The summed E-state index contributed by atoms with van der Waals surface area (Å²) in [5.74, 6) is -0.647. The molecular weight excluding hydrogens is 370 g/mol. The van der Waals surface area contributed by atoms with Crippen molar-refractivity contribution in [2.24, 2.45) is 7.05 Å². The molecule has 140 valence electrons. The molecule has 0 saturated carbocycles. The summed E-state index contributed by atoms with van der Waals surface area (Å²) < 4.78 is 7.85. The molecule has 2 aliphatic heterocycles. The SMILES string of the molecule is CCCn1c2c(c(=O)n(C)c1=O)C(c1ccc(Cl)cc1)C1=C(COC1=O)N2. The van der Waals surface area contributed by atoms with Gasteiger partial charge in [-0.15, -0.1) is 0 Å². The van der Waals surface area contributed by atoms with Crippen LogP contribution >= 0.6 is 11.6 Å². The highest BCUT2D eigenvalue weighted by Crippen LogP contribution is 2.42. The third kappa shape index (κ3) is 2.61. The van der Waals surface area contributed by atoms with Gasteiger partial charge in [0.25, 0.3) is 5.56 Å². The second-order valence-electron chi connectivity index (χ2n) is 6.64. The lowest BCUT2D eigenvalue weighted by Gasteiger charge is -2.29. The van der Waals surface area contributed by atoms with E-state index in [1.165, 1.54) is 7.05 Å². The number of rotatable bonds is 3. The standard InChI is InChI=1S/C19H18ClN3O4/c1-3-8-23-16-15(17(24)22(2)19(23)26)13(10-4-6-11(20)7-5-10)14-12(21-16)9-27-18(14)25/h4-7,13,21H,3,8-9H2,1-2H3. The van der Waals surface area contributed by atoms with E-state index in [9.17, 15) is 14.4 Å². The van der Waals surface area contributed by atoms with E-state index in [4.69, 9.17) is 16.3 Å². The molecule has 2 aromatic rings. The van der Waals surface area contributed by atoms with Crippen LogP contribution < -0.4 is 16.6 Å². The molecule has 4 rings (SSSR count). The molecular formula is C19H18ClN3O4. The first kappa shape index (κ1) is 17.6. The molecule has 0 spiro atoms. The maximum Gasteiger partial charge on any atom is 0.337 e. The third-order valence-corrected chi connectivity index (χ3v) is 5.22. The summed E-state index contributed by atoms with van der Waals surface area (Å²) in [5, 5.41) is 3.68. The first-order chi connectivity index (χ1) is 12.9. The zero-order chi connectivity index (χ0) is 19.3. The second-order valence-corrected chi connectivity index (χ2v) is 7.08. The number of ether oxygens (including phenoxy) is 1. The Hall–Kier alpha value is -2.80. The van der Waals surface area contributed by atoms with Crippen LogP contribution in [-0.2, 0) is 23.1 Å². The molecule has 8 heteroatoms. The Labute approximate surface area is 159 Å². The number of halogens is 1. The Balaban J connectivity index is 2.06. The number of benzene rings is 1. The van der Waals surface area contributed by atoms with E-state index >= 15 is 0 Å². The molecule has 1 unspecified atom stereocenters. The van der Waals surface area contributed by atoms with Crippen molar-refractivity contribution in [2.75, 3.05) is 11.9 Å². The highest BCUT2D eigenvalue weighted by molar-refractivity contribution is 6.30. The van der Waals surface area contributed by atoms with E-state index < -0.39 is 23.1 Å². The van der Waals surface area contributed by atoms with E-state index in [0.29, 0.717) is 34.2 Å². The molecule has 0 bridgehead atoms. The summed E-state index contributed by atoms with van der Waals surface area (Å²) >= 11 is 6.01. The van der Waals surface area contributed by atoms with Gasteiger partial charge in [-0.1, -0.05) is 30.7 Å². The number of nitrogens with zero attached hydrogens (tertiary/aromatic N) is 2. The number of anilines is 1. The van der Waals surface area contributed by atoms with Crippen LogP contribution in [0, 0.1) is 0 Å². The van der Waals surface area contributed by atoms with Crippen molar-refractivity contribution >= 4 is 23.4 Å². The summed E-state index contributed by atoms with van der Waals surface area (Å²) in [7, 11) is 1.45. The Morgan fingerprint density at radius 3 is 2.59 bits per heavy atom. The topological polar surface area (TPSA) is 82.3 Å². The van der Waals surface area contributed by atoms with Gasteiger partial charge >= 0.3 is 11.7 Å². The molecule has 0 amide bonds.